The molecule has 0 bridgehead atoms. The molecule has 11 nitrogen and oxygen atoms in total. The number of hydrogen-bond acceptors (Lipinski definition) is 7. The molecule has 0 aliphatic carbocycles. The second-order valence-electron chi connectivity index (χ2n) is 3.54. The van der Waals surface area contributed by atoms with Gasteiger partial charge in [-0.15, -0.1) is 0 Å². The maximum Gasteiger partial charge on any atom is 1.00 e. The molecular formula is C8H6BCl4F8LiO11. The van der Waals surface area contributed by atoms with Crippen LogP contribution in [0.5, 0.6) is 0 Å². The first-order valence-corrected chi connectivity index (χ1v) is 7.24. The van der Waals surface area contributed by atoms with Crippen molar-refractivity contribution < 1.29 is 109 Å². The third-order valence-electron chi connectivity index (χ3n) is 0.970. The molecular weight excluding hydrogens is 584 g/mol. The Balaban J connectivity index is -0.0000000693. The van der Waals surface area contributed by atoms with Crippen LogP contribution in [0.15, 0.2) is 0 Å². The van der Waals surface area contributed by atoms with Gasteiger partial charge in [-0.25, -0.2) is 19.2 Å². The van der Waals surface area contributed by atoms with Crippen LogP contribution in [0.4, 0.5) is 35.1 Å². The predicted molar refractivity (Wildman–Crippen MR) is 83.9 cm³/mol. The monoisotopic (exact) mass is 588 g/mol. The first-order chi connectivity index (χ1) is 13.5. The summed E-state index contributed by atoms with van der Waals surface area (Å²) in [5.74, 6) is -9.30. The molecule has 0 atom stereocenters. The first kappa shape index (κ1) is 45.5. The normalized spacial score (nSPS) is 10.4. The van der Waals surface area contributed by atoms with E-state index >= 15 is 0 Å². The van der Waals surface area contributed by atoms with Crippen LogP contribution < -0.4 is 23.9 Å². The first-order valence-electron chi connectivity index (χ1n) is 5.73. The Bertz CT molecular complexity index is 496. The maximum atomic E-state index is 11.0. The SMILES string of the molecule is O=C(O)C(F)(F)Cl.O=C(O)C(F)(F)Cl.O=C(O)C(F)(F)Cl.O=C(O)C(F)(F)Cl.[Li+].[O-]B(O)O. The molecule has 0 aromatic carbocycles. The number of hydrogen-bond donors (Lipinski definition) is 6. The van der Waals surface area contributed by atoms with Crippen LogP contribution in [0, 0.1) is 0 Å². The molecule has 0 spiro atoms. The van der Waals surface area contributed by atoms with Gasteiger partial charge in [-0.1, -0.05) is 0 Å². The summed E-state index contributed by atoms with van der Waals surface area (Å²) in [5.41, 5.74) is 0. The van der Waals surface area contributed by atoms with Gasteiger partial charge in [-0.05, 0) is 46.4 Å². The molecule has 0 heterocycles. The molecule has 192 valence electrons. The van der Waals surface area contributed by atoms with E-state index in [-0.39, 0.29) is 18.9 Å². The smallest absolute Gasteiger partial charge is 0.832 e. The standard InChI is InChI=1S/4C2HClF2O2.BH2O3.Li/c4*3-2(4,5)1(6)7;2-1(3)4;/h4*(H,6,7);2-3H;/q;;;;-1;+1. The molecule has 0 saturated heterocycles. The third-order valence-corrected chi connectivity index (χ3v) is 1.62. The Kier molecular flexibility index (Phi) is 26.7. The zero-order valence-corrected chi connectivity index (χ0v) is 17.9. The van der Waals surface area contributed by atoms with E-state index in [1.807, 2.05) is 0 Å². The molecule has 0 unspecified atom stereocenters. The Morgan fingerprint density at radius 2 is 0.576 bits per heavy atom. The van der Waals surface area contributed by atoms with Crippen LogP contribution in [0.3, 0.4) is 0 Å². The summed E-state index contributed by atoms with van der Waals surface area (Å²) in [5, 5.41) is 35.8. The summed E-state index contributed by atoms with van der Waals surface area (Å²) in [7, 11) is -2.42. The van der Waals surface area contributed by atoms with Crippen molar-refractivity contribution in [2.75, 3.05) is 0 Å². The van der Waals surface area contributed by atoms with Gasteiger partial charge in [0.2, 0.25) is 0 Å². The fourth-order valence-corrected chi connectivity index (χ4v) is 0. The largest absolute Gasteiger partial charge is 1.00 e. The van der Waals surface area contributed by atoms with Gasteiger partial charge in [-0.3, -0.25) is 0 Å². The van der Waals surface area contributed by atoms with Gasteiger partial charge in [-0.2, -0.15) is 35.1 Å². The average Bonchev–Trinajstić information content (AvgIpc) is 2.44. The number of carboxylic acids is 4. The van der Waals surface area contributed by atoms with Crippen molar-refractivity contribution in [1.82, 2.24) is 0 Å². The van der Waals surface area contributed by atoms with Crippen LogP contribution in [0.2, 0.25) is 0 Å². The number of alkyl halides is 12. The molecule has 0 saturated carbocycles. The van der Waals surface area contributed by atoms with Gasteiger partial charge in [0, 0.05) is 0 Å². The minimum absolute atomic E-state index is 0. The van der Waals surface area contributed by atoms with Crippen molar-refractivity contribution in [3.05, 3.63) is 0 Å². The molecule has 0 rings (SSSR count). The Hall–Kier alpha value is -0.978. The summed E-state index contributed by atoms with van der Waals surface area (Å²) in [6.07, 6.45) is 0. The van der Waals surface area contributed by atoms with Crippen LogP contribution >= 0.6 is 46.4 Å². The minimum Gasteiger partial charge on any atom is -0.832 e. The van der Waals surface area contributed by atoms with E-state index in [9.17, 15) is 35.1 Å². The quantitative estimate of drug-likeness (QED) is 0.119. The molecule has 0 aromatic rings. The van der Waals surface area contributed by atoms with Gasteiger partial charge < -0.3 is 35.5 Å². The number of carbonyl (C=O) groups is 4. The van der Waals surface area contributed by atoms with Crippen LogP contribution in [-0.2, 0) is 19.2 Å². The minimum atomic E-state index is -4.11. The van der Waals surface area contributed by atoms with Crippen molar-refractivity contribution in [1.29, 1.82) is 0 Å². The molecule has 0 aliphatic heterocycles. The van der Waals surface area contributed by atoms with Crippen molar-refractivity contribution in [3.63, 3.8) is 0 Å². The Morgan fingerprint density at radius 3 is 0.576 bits per heavy atom. The van der Waals surface area contributed by atoms with E-state index in [4.69, 9.17) is 54.7 Å². The summed E-state index contributed by atoms with van der Waals surface area (Å²) in [6, 6.07) is 0. The summed E-state index contributed by atoms with van der Waals surface area (Å²) in [4.78, 5) is 36.6. The fraction of sp³-hybridized carbons (Fsp3) is 0.500. The van der Waals surface area contributed by atoms with Crippen LogP contribution in [-0.4, -0.2) is 83.2 Å². The Labute approximate surface area is 207 Å². The molecule has 6 N–H and O–H groups in total. The van der Waals surface area contributed by atoms with E-state index in [1.165, 1.54) is 0 Å². The second-order valence-corrected chi connectivity index (χ2v) is 5.44. The van der Waals surface area contributed by atoms with Gasteiger partial charge in [0.15, 0.2) is 0 Å². The molecule has 0 radical (unpaired) electrons. The molecule has 0 aromatic heterocycles. The van der Waals surface area contributed by atoms with Crippen LogP contribution in [0.25, 0.3) is 0 Å². The van der Waals surface area contributed by atoms with E-state index in [0.717, 1.165) is 0 Å². The molecule has 0 amide bonds. The predicted octanol–water partition coefficient (Wildman–Crippen LogP) is -2.07. The van der Waals surface area contributed by atoms with E-state index in [0.29, 0.717) is 0 Å². The maximum absolute atomic E-state index is 11.0. The second kappa shape index (κ2) is 19.3. The molecule has 0 aliphatic rings. The van der Waals surface area contributed by atoms with Gasteiger partial charge >= 0.3 is 71.6 Å². The molecule has 33 heavy (non-hydrogen) atoms. The van der Waals surface area contributed by atoms with Crippen molar-refractivity contribution >= 4 is 77.6 Å². The van der Waals surface area contributed by atoms with Gasteiger partial charge in [0.1, 0.15) is 0 Å². The Morgan fingerprint density at radius 1 is 0.545 bits per heavy atom. The average molecular weight is 590 g/mol. The number of carboxylic acid groups (broad SMARTS) is 4. The van der Waals surface area contributed by atoms with E-state index < -0.39 is 52.7 Å². The number of rotatable bonds is 4. The van der Waals surface area contributed by atoms with Crippen molar-refractivity contribution in [2.45, 2.75) is 21.5 Å². The third kappa shape index (κ3) is 49.3. The van der Waals surface area contributed by atoms with Gasteiger partial charge in [0.25, 0.3) is 0 Å². The number of halogens is 12. The zero-order valence-electron chi connectivity index (χ0n) is 14.8. The number of aliphatic carboxylic acids is 4. The van der Waals surface area contributed by atoms with Gasteiger partial charge in [0.05, 0.1) is 0 Å². The van der Waals surface area contributed by atoms with E-state index in [1.54, 1.807) is 0 Å². The zero-order chi connectivity index (χ0) is 27.9. The summed E-state index contributed by atoms with van der Waals surface area (Å²) < 4.78 is 88.1. The van der Waals surface area contributed by atoms with E-state index in [2.05, 4.69) is 46.4 Å². The topological polar surface area (TPSA) is 213 Å². The van der Waals surface area contributed by atoms with Crippen molar-refractivity contribution in [2.24, 2.45) is 0 Å². The van der Waals surface area contributed by atoms with Crippen LogP contribution in [0.1, 0.15) is 0 Å². The van der Waals surface area contributed by atoms with Crippen molar-refractivity contribution in [3.8, 4) is 0 Å². The summed E-state index contributed by atoms with van der Waals surface area (Å²) >= 11 is 15.7. The molecule has 0 fully saturated rings. The summed E-state index contributed by atoms with van der Waals surface area (Å²) in [6.45, 7) is 0. The molecule has 25 heteroatoms. The fourth-order valence-electron chi connectivity index (χ4n) is 0.